The highest BCUT2D eigenvalue weighted by atomic mass is 16.5. The van der Waals surface area contributed by atoms with Crippen LogP contribution in [0.5, 0.6) is 11.5 Å². The molecule has 1 atom stereocenters. The Labute approximate surface area is 179 Å². The molecule has 0 fully saturated rings. The molecule has 1 aliphatic rings. The van der Waals surface area contributed by atoms with Crippen molar-refractivity contribution in [2.24, 2.45) is 0 Å². The first-order valence-electron chi connectivity index (χ1n) is 10.3. The van der Waals surface area contributed by atoms with Crippen LogP contribution in [-0.2, 0) is 4.74 Å². The molecule has 160 valence electrons. The second kappa shape index (κ2) is 10.9. The Balaban J connectivity index is 1.72. The highest BCUT2D eigenvalue weighted by molar-refractivity contribution is 5.57. The molecule has 0 spiro atoms. The molecule has 0 heterocycles. The predicted octanol–water partition coefficient (Wildman–Crippen LogP) is 4.74. The number of hydrogen-bond acceptors (Lipinski definition) is 5. The molecule has 0 bridgehead atoms. The van der Waals surface area contributed by atoms with Gasteiger partial charge >= 0.3 is 0 Å². The van der Waals surface area contributed by atoms with E-state index in [2.05, 4.69) is 59.2 Å². The van der Waals surface area contributed by atoms with E-state index in [0.29, 0.717) is 6.61 Å². The summed E-state index contributed by atoms with van der Waals surface area (Å²) in [4.78, 5) is 0. The summed E-state index contributed by atoms with van der Waals surface area (Å²) in [6.45, 7) is 1.45. The number of ether oxygens (including phenoxy) is 3. The van der Waals surface area contributed by atoms with E-state index < -0.39 is 0 Å². The van der Waals surface area contributed by atoms with Gasteiger partial charge < -0.3 is 24.8 Å². The van der Waals surface area contributed by atoms with E-state index in [1.165, 1.54) is 5.56 Å². The summed E-state index contributed by atoms with van der Waals surface area (Å²) in [6, 6.07) is 16.4. The van der Waals surface area contributed by atoms with Gasteiger partial charge in [-0.15, -0.1) is 0 Å². The van der Waals surface area contributed by atoms with E-state index in [4.69, 9.17) is 14.2 Å². The van der Waals surface area contributed by atoms with Crippen molar-refractivity contribution < 1.29 is 14.2 Å². The average molecular weight is 409 g/mol. The van der Waals surface area contributed by atoms with Crippen LogP contribution in [0.3, 0.4) is 0 Å². The van der Waals surface area contributed by atoms with Gasteiger partial charge in [-0.1, -0.05) is 54.6 Å². The van der Waals surface area contributed by atoms with Crippen molar-refractivity contribution in [1.29, 1.82) is 0 Å². The van der Waals surface area contributed by atoms with Gasteiger partial charge in [-0.2, -0.15) is 0 Å². The standard InChI is InChI=1S/C25H32N2O3/c1-28-19-24(20-10-6-4-7-11-20)26-15-14-25(12-8-5-9-13-25)27-21-16-22(29-2)18-23(17-21)30-3/h4,6-13,16-18,24,26-27H,5,14-15,19H2,1-3H3/t24-/m0/s1. The maximum atomic E-state index is 5.44. The van der Waals surface area contributed by atoms with Gasteiger partial charge in [0.05, 0.1) is 32.4 Å². The summed E-state index contributed by atoms with van der Waals surface area (Å²) in [5, 5.41) is 7.34. The van der Waals surface area contributed by atoms with Gasteiger partial charge in [-0.05, 0) is 24.9 Å². The number of rotatable bonds is 11. The lowest BCUT2D eigenvalue weighted by Gasteiger charge is -2.33. The summed E-state index contributed by atoms with van der Waals surface area (Å²) in [5.41, 5.74) is 1.91. The van der Waals surface area contributed by atoms with E-state index in [1.54, 1.807) is 21.3 Å². The monoisotopic (exact) mass is 408 g/mol. The Hall–Kier alpha value is -2.76. The van der Waals surface area contributed by atoms with Crippen molar-refractivity contribution in [3.8, 4) is 11.5 Å². The van der Waals surface area contributed by atoms with Crippen LogP contribution in [0, 0.1) is 0 Å². The predicted molar refractivity (Wildman–Crippen MR) is 122 cm³/mol. The fourth-order valence-corrected chi connectivity index (χ4v) is 3.73. The van der Waals surface area contributed by atoms with Crippen LogP contribution in [0.25, 0.3) is 0 Å². The maximum absolute atomic E-state index is 5.44. The summed E-state index contributed by atoms with van der Waals surface area (Å²) in [7, 11) is 5.07. The largest absolute Gasteiger partial charge is 0.497 e. The van der Waals surface area contributed by atoms with Gasteiger partial charge in [-0.25, -0.2) is 0 Å². The SMILES string of the molecule is COC[C@H](NCCC1(Nc2cc(OC)cc(OC)c2)C=CCC=C1)c1ccccc1. The Morgan fingerprint density at radius 1 is 0.933 bits per heavy atom. The number of hydrogen-bond donors (Lipinski definition) is 2. The molecule has 0 aromatic heterocycles. The van der Waals surface area contributed by atoms with Crippen LogP contribution in [0.15, 0.2) is 72.8 Å². The lowest BCUT2D eigenvalue weighted by atomic mass is 9.89. The fraction of sp³-hybridized carbons (Fsp3) is 0.360. The summed E-state index contributed by atoms with van der Waals surface area (Å²) in [6.07, 6.45) is 10.7. The topological polar surface area (TPSA) is 51.8 Å². The minimum absolute atomic E-state index is 0.154. The lowest BCUT2D eigenvalue weighted by Crippen LogP contribution is -2.39. The summed E-state index contributed by atoms with van der Waals surface area (Å²) in [5.74, 6) is 1.52. The molecular formula is C25H32N2O3. The van der Waals surface area contributed by atoms with Crippen molar-refractivity contribution >= 4 is 5.69 Å². The molecular weight excluding hydrogens is 376 g/mol. The molecule has 5 heteroatoms. The molecule has 3 rings (SSSR count). The molecule has 30 heavy (non-hydrogen) atoms. The molecule has 0 amide bonds. The van der Waals surface area contributed by atoms with E-state index >= 15 is 0 Å². The highest BCUT2D eigenvalue weighted by Gasteiger charge is 2.26. The minimum Gasteiger partial charge on any atom is -0.497 e. The summed E-state index contributed by atoms with van der Waals surface area (Å²) >= 11 is 0. The third-order valence-corrected chi connectivity index (χ3v) is 5.30. The number of anilines is 1. The molecule has 2 N–H and O–H groups in total. The van der Waals surface area contributed by atoms with Crippen molar-refractivity contribution in [2.45, 2.75) is 24.4 Å². The molecule has 2 aromatic rings. The number of nitrogens with one attached hydrogen (secondary N) is 2. The van der Waals surface area contributed by atoms with Crippen LogP contribution < -0.4 is 20.1 Å². The molecule has 0 unspecified atom stereocenters. The zero-order valence-electron chi connectivity index (χ0n) is 18.1. The maximum Gasteiger partial charge on any atom is 0.124 e. The van der Waals surface area contributed by atoms with E-state index in [9.17, 15) is 0 Å². The van der Waals surface area contributed by atoms with E-state index in [-0.39, 0.29) is 11.6 Å². The van der Waals surface area contributed by atoms with Crippen LogP contribution >= 0.6 is 0 Å². The van der Waals surface area contributed by atoms with Crippen LogP contribution in [0.4, 0.5) is 5.69 Å². The molecule has 0 saturated carbocycles. The first-order chi connectivity index (χ1) is 14.7. The molecule has 1 aliphatic carbocycles. The van der Waals surface area contributed by atoms with Gasteiger partial charge in [0.15, 0.2) is 0 Å². The van der Waals surface area contributed by atoms with Crippen LogP contribution in [-0.4, -0.2) is 40.0 Å². The van der Waals surface area contributed by atoms with Crippen molar-refractivity contribution in [3.05, 3.63) is 78.4 Å². The van der Waals surface area contributed by atoms with Gasteiger partial charge in [0, 0.05) is 31.0 Å². The van der Waals surface area contributed by atoms with Gasteiger partial charge in [0.1, 0.15) is 11.5 Å². The Kier molecular flexibility index (Phi) is 7.94. The Bertz CT molecular complexity index is 814. The first kappa shape index (κ1) is 21.9. The van der Waals surface area contributed by atoms with Crippen LogP contribution in [0.2, 0.25) is 0 Å². The number of methoxy groups -OCH3 is 3. The Morgan fingerprint density at radius 3 is 2.20 bits per heavy atom. The molecule has 0 saturated heterocycles. The summed E-state index contributed by atoms with van der Waals surface area (Å²) < 4.78 is 16.3. The first-order valence-corrected chi connectivity index (χ1v) is 10.3. The molecule has 2 aromatic carbocycles. The lowest BCUT2D eigenvalue weighted by molar-refractivity contribution is 0.166. The van der Waals surface area contributed by atoms with Crippen LogP contribution in [0.1, 0.15) is 24.4 Å². The van der Waals surface area contributed by atoms with Gasteiger partial charge in [-0.3, -0.25) is 0 Å². The number of benzene rings is 2. The molecule has 0 radical (unpaired) electrons. The molecule has 5 nitrogen and oxygen atoms in total. The van der Waals surface area contributed by atoms with E-state index in [1.807, 2.05) is 24.3 Å². The third kappa shape index (κ3) is 5.88. The zero-order valence-corrected chi connectivity index (χ0v) is 18.1. The molecule has 0 aliphatic heterocycles. The average Bonchev–Trinajstić information content (AvgIpc) is 2.79. The zero-order chi connectivity index (χ0) is 21.2. The second-order valence-electron chi connectivity index (χ2n) is 7.43. The normalized spacial score (nSPS) is 15.6. The number of allylic oxidation sites excluding steroid dienone is 2. The van der Waals surface area contributed by atoms with Gasteiger partial charge in [0.2, 0.25) is 0 Å². The van der Waals surface area contributed by atoms with Crippen molar-refractivity contribution in [3.63, 3.8) is 0 Å². The third-order valence-electron chi connectivity index (χ3n) is 5.30. The quantitative estimate of drug-likeness (QED) is 0.526. The minimum atomic E-state index is -0.281. The highest BCUT2D eigenvalue weighted by Crippen LogP contribution is 2.31. The second-order valence-corrected chi connectivity index (χ2v) is 7.43. The smallest absolute Gasteiger partial charge is 0.124 e. The van der Waals surface area contributed by atoms with Crippen molar-refractivity contribution in [1.82, 2.24) is 5.32 Å². The van der Waals surface area contributed by atoms with Gasteiger partial charge in [0.25, 0.3) is 0 Å². The van der Waals surface area contributed by atoms with Crippen molar-refractivity contribution in [2.75, 3.05) is 39.8 Å². The van der Waals surface area contributed by atoms with E-state index in [0.717, 1.165) is 36.6 Å². The Morgan fingerprint density at radius 2 is 1.60 bits per heavy atom. The fourth-order valence-electron chi connectivity index (χ4n) is 3.73.